The number of hydrogen-bond acceptors (Lipinski definition) is 5. The van der Waals surface area contributed by atoms with Gasteiger partial charge in [-0.15, -0.1) is 0 Å². The molecule has 1 fully saturated rings. The van der Waals surface area contributed by atoms with E-state index in [0.717, 1.165) is 10.0 Å². The van der Waals surface area contributed by atoms with Crippen molar-refractivity contribution in [2.24, 2.45) is 4.99 Å². The van der Waals surface area contributed by atoms with Gasteiger partial charge in [0.2, 0.25) is 0 Å². The zero-order valence-corrected chi connectivity index (χ0v) is 16.2. The van der Waals surface area contributed by atoms with E-state index in [0.29, 0.717) is 34.8 Å². The highest BCUT2D eigenvalue weighted by molar-refractivity contribution is 9.10. The van der Waals surface area contributed by atoms with Crippen LogP contribution in [-0.4, -0.2) is 43.3 Å². The first-order valence-electron chi connectivity index (χ1n) is 7.36. The molecule has 0 spiro atoms. The van der Waals surface area contributed by atoms with Crippen molar-refractivity contribution in [2.45, 2.75) is 6.92 Å². The average Bonchev–Trinajstić information content (AvgIpc) is 2.82. The van der Waals surface area contributed by atoms with Gasteiger partial charge in [0, 0.05) is 14.1 Å². The number of nitrogens with zero attached hydrogens (tertiary/aromatic N) is 2. The maximum Gasteiger partial charge on any atom is 0.266 e. The summed E-state index contributed by atoms with van der Waals surface area (Å²) in [4.78, 5) is 18.5. The van der Waals surface area contributed by atoms with Crippen LogP contribution in [0.5, 0.6) is 11.5 Å². The first-order chi connectivity index (χ1) is 11.5. The molecule has 0 bridgehead atoms. The van der Waals surface area contributed by atoms with Crippen molar-refractivity contribution in [3.8, 4) is 11.5 Å². The van der Waals surface area contributed by atoms with Crippen LogP contribution in [0.2, 0.25) is 0 Å². The number of ether oxygens (including phenoxy) is 2. The molecule has 1 aromatic rings. The summed E-state index contributed by atoms with van der Waals surface area (Å²) in [6, 6.07) is 3.75. The third-order valence-corrected chi connectivity index (χ3v) is 4.91. The summed E-state index contributed by atoms with van der Waals surface area (Å²) < 4.78 is 12.1. The molecule has 2 rings (SSSR count). The quantitative estimate of drug-likeness (QED) is 0.526. The number of hydrogen-bond donors (Lipinski definition) is 0. The number of aliphatic imine (C=N–C) groups is 1. The molecule has 24 heavy (non-hydrogen) atoms. The van der Waals surface area contributed by atoms with E-state index in [2.05, 4.69) is 27.5 Å². The Bertz CT molecular complexity index is 716. The van der Waals surface area contributed by atoms with E-state index in [4.69, 9.17) is 9.47 Å². The van der Waals surface area contributed by atoms with Crippen LogP contribution >= 0.6 is 27.7 Å². The Kier molecular flexibility index (Phi) is 6.51. The van der Waals surface area contributed by atoms with Gasteiger partial charge in [0.1, 0.15) is 6.61 Å². The number of amidine groups is 1. The second-order valence-electron chi connectivity index (χ2n) is 4.84. The van der Waals surface area contributed by atoms with Gasteiger partial charge in [-0.2, -0.15) is 0 Å². The smallest absolute Gasteiger partial charge is 0.266 e. The highest BCUT2D eigenvalue weighted by atomic mass is 79.9. The minimum atomic E-state index is -0.0679. The Hall–Kier alpha value is -1.73. The van der Waals surface area contributed by atoms with Gasteiger partial charge in [-0.1, -0.05) is 12.7 Å². The monoisotopic (exact) mass is 410 g/mol. The van der Waals surface area contributed by atoms with Gasteiger partial charge >= 0.3 is 0 Å². The van der Waals surface area contributed by atoms with Crippen molar-refractivity contribution in [3.05, 3.63) is 39.7 Å². The van der Waals surface area contributed by atoms with Crippen LogP contribution in [0.15, 0.2) is 39.2 Å². The summed E-state index contributed by atoms with van der Waals surface area (Å²) in [5, 5.41) is 0.682. The van der Waals surface area contributed by atoms with E-state index in [1.807, 2.05) is 25.1 Å². The van der Waals surface area contributed by atoms with Crippen LogP contribution in [0.1, 0.15) is 12.5 Å². The van der Waals surface area contributed by atoms with Gasteiger partial charge in [0.05, 0.1) is 16.0 Å². The lowest BCUT2D eigenvalue weighted by Crippen LogP contribution is -2.23. The van der Waals surface area contributed by atoms with Crippen LogP contribution in [0.4, 0.5) is 0 Å². The van der Waals surface area contributed by atoms with Gasteiger partial charge in [-0.05, 0) is 58.4 Å². The molecule has 0 atom stereocenters. The van der Waals surface area contributed by atoms with Crippen LogP contribution in [0.25, 0.3) is 6.08 Å². The fourth-order valence-corrected chi connectivity index (χ4v) is 3.62. The largest absolute Gasteiger partial charge is 0.490 e. The molecule has 0 saturated carbocycles. The molecule has 0 aromatic heterocycles. The van der Waals surface area contributed by atoms with E-state index in [1.165, 1.54) is 16.7 Å². The highest BCUT2D eigenvalue weighted by Crippen LogP contribution is 2.39. The molecular formula is C17H19BrN2O3S. The highest BCUT2D eigenvalue weighted by Gasteiger charge is 2.29. The number of carbonyl (C=O) groups excluding carboxylic acids is 1. The van der Waals surface area contributed by atoms with Crippen LogP contribution in [0.3, 0.4) is 0 Å². The molecule has 0 unspecified atom stereocenters. The zero-order chi connectivity index (χ0) is 17.7. The summed E-state index contributed by atoms with van der Waals surface area (Å²) in [7, 11) is 3.39. The third-order valence-electron chi connectivity index (χ3n) is 3.17. The maximum atomic E-state index is 12.3. The summed E-state index contributed by atoms with van der Waals surface area (Å²) in [6.07, 6.45) is 3.50. The predicted molar refractivity (Wildman–Crippen MR) is 103 cm³/mol. The topological polar surface area (TPSA) is 51.1 Å². The van der Waals surface area contributed by atoms with Crippen LogP contribution in [0, 0.1) is 0 Å². The molecule has 1 aliphatic heterocycles. The van der Waals surface area contributed by atoms with E-state index < -0.39 is 0 Å². The predicted octanol–water partition coefficient (Wildman–Crippen LogP) is 3.94. The minimum absolute atomic E-state index is 0.0679. The van der Waals surface area contributed by atoms with Gasteiger partial charge in [-0.25, -0.2) is 0 Å². The van der Waals surface area contributed by atoms with Crippen molar-refractivity contribution in [1.29, 1.82) is 0 Å². The molecule has 1 amide bonds. The third kappa shape index (κ3) is 4.02. The molecule has 5 nitrogen and oxygen atoms in total. The van der Waals surface area contributed by atoms with Crippen molar-refractivity contribution >= 4 is 44.8 Å². The number of benzene rings is 1. The lowest BCUT2D eigenvalue weighted by molar-refractivity contribution is -0.121. The normalized spacial score (nSPS) is 17.7. The minimum Gasteiger partial charge on any atom is -0.490 e. The Balaban J connectivity index is 2.39. The van der Waals surface area contributed by atoms with Crippen molar-refractivity contribution in [3.63, 3.8) is 0 Å². The average molecular weight is 411 g/mol. The molecule has 128 valence electrons. The lowest BCUT2D eigenvalue weighted by atomic mass is 10.2. The van der Waals surface area contributed by atoms with Crippen molar-refractivity contribution in [2.75, 3.05) is 27.3 Å². The molecule has 7 heteroatoms. The van der Waals surface area contributed by atoms with Crippen LogP contribution < -0.4 is 9.47 Å². The number of thioether (sulfide) groups is 1. The lowest BCUT2D eigenvalue weighted by Gasteiger charge is -2.13. The van der Waals surface area contributed by atoms with E-state index in [1.54, 1.807) is 20.2 Å². The summed E-state index contributed by atoms with van der Waals surface area (Å²) in [5.74, 6) is 1.17. The standard InChI is InChI=1S/C17H19BrN2O3S/c1-5-7-23-15-12(18)8-11(9-13(15)22-6-2)10-14-16(21)20(4)17(19-3)24-14/h5,8-10H,1,6-7H2,2-4H3/b14-10+,19-17?. The second kappa shape index (κ2) is 8.39. The van der Waals surface area contributed by atoms with Crippen LogP contribution in [-0.2, 0) is 4.79 Å². The maximum absolute atomic E-state index is 12.3. The van der Waals surface area contributed by atoms with Gasteiger partial charge in [-0.3, -0.25) is 14.7 Å². The van der Waals surface area contributed by atoms with E-state index in [-0.39, 0.29) is 5.91 Å². The number of halogens is 1. The van der Waals surface area contributed by atoms with E-state index >= 15 is 0 Å². The fraction of sp³-hybridized carbons (Fsp3) is 0.294. The molecule has 1 aliphatic rings. The Morgan fingerprint density at radius 3 is 2.75 bits per heavy atom. The van der Waals surface area contributed by atoms with E-state index in [9.17, 15) is 4.79 Å². The molecular weight excluding hydrogens is 392 g/mol. The number of likely N-dealkylation sites (N-methyl/N-ethyl adjacent to an activating group) is 1. The number of amides is 1. The van der Waals surface area contributed by atoms with Crippen molar-refractivity contribution in [1.82, 2.24) is 4.90 Å². The first kappa shape index (κ1) is 18.6. The summed E-state index contributed by atoms with van der Waals surface area (Å²) in [5.41, 5.74) is 0.845. The second-order valence-corrected chi connectivity index (χ2v) is 6.71. The van der Waals surface area contributed by atoms with Gasteiger partial charge < -0.3 is 9.47 Å². The Morgan fingerprint density at radius 1 is 1.42 bits per heavy atom. The number of carbonyl (C=O) groups is 1. The molecule has 1 heterocycles. The number of rotatable bonds is 6. The summed E-state index contributed by atoms with van der Waals surface area (Å²) in [6.45, 7) is 6.46. The Morgan fingerprint density at radius 2 is 2.17 bits per heavy atom. The van der Waals surface area contributed by atoms with Gasteiger partial charge in [0.15, 0.2) is 16.7 Å². The molecule has 0 radical (unpaired) electrons. The molecule has 0 aliphatic carbocycles. The zero-order valence-electron chi connectivity index (χ0n) is 13.8. The Labute approximate surface area is 154 Å². The fourth-order valence-electron chi connectivity index (χ4n) is 2.12. The molecule has 0 N–H and O–H groups in total. The summed E-state index contributed by atoms with van der Waals surface area (Å²) >= 11 is 4.86. The van der Waals surface area contributed by atoms with Gasteiger partial charge in [0.25, 0.3) is 5.91 Å². The first-order valence-corrected chi connectivity index (χ1v) is 8.97. The molecule has 1 saturated heterocycles. The molecule has 1 aromatic carbocycles. The SMILES string of the molecule is C=CCOc1c(Br)cc(/C=C2/SC(=NC)N(C)C2=O)cc1OCC. The van der Waals surface area contributed by atoms with Crippen molar-refractivity contribution < 1.29 is 14.3 Å².